The molecule has 25 heavy (non-hydrogen) atoms. The summed E-state index contributed by atoms with van der Waals surface area (Å²) in [7, 11) is 0. The van der Waals surface area contributed by atoms with E-state index in [-0.39, 0.29) is 5.91 Å². The number of hydrogen-bond donors (Lipinski definition) is 2. The van der Waals surface area contributed by atoms with Crippen LogP contribution in [0.2, 0.25) is 0 Å². The summed E-state index contributed by atoms with van der Waals surface area (Å²) in [6.45, 7) is 10.7. The van der Waals surface area contributed by atoms with Gasteiger partial charge >= 0.3 is 5.97 Å². The van der Waals surface area contributed by atoms with E-state index in [1.54, 1.807) is 19.1 Å². The minimum atomic E-state index is -0.802. The van der Waals surface area contributed by atoms with Gasteiger partial charge in [0.25, 0.3) is 5.91 Å². The van der Waals surface area contributed by atoms with E-state index in [4.69, 9.17) is 9.47 Å². The van der Waals surface area contributed by atoms with E-state index in [9.17, 15) is 9.59 Å². The highest BCUT2D eigenvalue weighted by atomic mass is 16.5. The highest BCUT2D eigenvalue weighted by molar-refractivity contribution is 5.92. The molecule has 1 aromatic carbocycles. The van der Waals surface area contributed by atoms with E-state index >= 15 is 0 Å². The molecular formula is C19H29N2O4+. The molecule has 0 spiro atoms. The van der Waals surface area contributed by atoms with Gasteiger partial charge in [-0.3, -0.25) is 4.79 Å². The van der Waals surface area contributed by atoms with Crippen molar-refractivity contribution in [2.24, 2.45) is 5.92 Å². The molecule has 0 bridgehead atoms. The van der Waals surface area contributed by atoms with Gasteiger partial charge in [-0.05, 0) is 25.0 Å². The van der Waals surface area contributed by atoms with Gasteiger partial charge in [-0.2, -0.15) is 0 Å². The summed E-state index contributed by atoms with van der Waals surface area (Å²) in [5.74, 6) is -0.389. The fourth-order valence-corrected chi connectivity index (χ4v) is 2.61. The maximum absolute atomic E-state index is 12.2. The number of carbonyl (C=O) groups is 2. The first-order chi connectivity index (χ1) is 12.0. The number of nitrogens with one attached hydrogen (secondary N) is 2. The van der Waals surface area contributed by atoms with E-state index in [0.29, 0.717) is 18.0 Å². The van der Waals surface area contributed by atoms with Crippen LogP contribution in [0.25, 0.3) is 0 Å². The smallest absolute Gasteiger partial charge is 0.338 e. The third kappa shape index (κ3) is 6.48. The summed E-state index contributed by atoms with van der Waals surface area (Å²) < 4.78 is 10.6. The molecule has 0 aliphatic carbocycles. The maximum atomic E-state index is 12.2. The molecule has 1 saturated heterocycles. The van der Waals surface area contributed by atoms with Crippen LogP contribution in [-0.2, 0) is 20.8 Å². The third-order valence-corrected chi connectivity index (χ3v) is 4.18. The van der Waals surface area contributed by atoms with Gasteiger partial charge in [-0.1, -0.05) is 26.0 Å². The number of quaternary nitrogens is 1. The van der Waals surface area contributed by atoms with Gasteiger partial charge < -0.3 is 19.7 Å². The van der Waals surface area contributed by atoms with E-state index in [0.717, 1.165) is 32.8 Å². The topological polar surface area (TPSA) is 69.1 Å². The second-order valence-corrected chi connectivity index (χ2v) is 6.92. The van der Waals surface area contributed by atoms with Crippen LogP contribution in [0.5, 0.6) is 0 Å². The van der Waals surface area contributed by atoms with Crippen molar-refractivity contribution in [1.29, 1.82) is 0 Å². The minimum absolute atomic E-state index is 0.269. The first-order valence-electron chi connectivity index (χ1n) is 8.94. The van der Waals surface area contributed by atoms with E-state index in [2.05, 4.69) is 5.32 Å². The molecule has 0 aromatic heterocycles. The van der Waals surface area contributed by atoms with Crippen molar-refractivity contribution < 1.29 is 24.0 Å². The Kier molecular flexibility index (Phi) is 7.40. The summed E-state index contributed by atoms with van der Waals surface area (Å²) in [5.41, 5.74) is 1.64. The quantitative estimate of drug-likeness (QED) is 0.700. The van der Waals surface area contributed by atoms with Gasteiger partial charge in [0.05, 0.1) is 18.8 Å². The van der Waals surface area contributed by atoms with E-state index in [1.165, 1.54) is 10.5 Å². The normalized spacial score (nSPS) is 16.5. The van der Waals surface area contributed by atoms with Crippen molar-refractivity contribution in [3.05, 3.63) is 35.4 Å². The molecule has 1 amide bonds. The van der Waals surface area contributed by atoms with E-state index < -0.39 is 12.1 Å². The van der Waals surface area contributed by atoms with Gasteiger partial charge in [-0.15, -0.1) is 0 Å². The Balaban J connectivity index is 1.83. The zero-order valence-electron chi connectivity index (χ0n) is 15.3. The monoisotopic (exact) mass is 349 g/mol. The van der Waals surface area contributed by atoms with Gasteiger partial charge in [0.2, 0.25) is 0 Å². The summed E-state index contributed by atoms with van der Waals surface area (Å²) in [6.07, 6.45) is -0.802. The highest BCUT2D eigenvalue weighted by Crippen LogP contribution is 2.07. The average Bonchev–Trinajstić information content (AvgIpc) is 2.61. The van der Waals surface area contributed by atoms with Gasteiger partial charge in [0, 0.05) is 12.1 Å². The molecule has 1 aromatic rings. The Morgan fingerprint density at radius 2 is 1.80 bits per heavy atom. The summed E-state index contributed by atoms with van der Waals surface area (Å²) in [5, 5.41) is 2.76. The molecule has 2 N–H and O–H groups in total. The lowest BCUT2D eigenvalue weighted by Crippen LogP contribution is -3.12. The number of rotatable bonds is 7. The fourth-order valence-electron chi connectivity index (χ4n) is 2.61. The highest BCUT2D eigenvalue weighted by Gasteiger charge is 2.19. The lowest BCUT2D eigenvalue weighted by molar-refractivity contribution is -0.921. The van der Waals surface area contributed by atoms with Gasteiger partial charge in [0.15, 0.2) is 6.10 Å². The number of esters is 1. The van der Waals surface area contributed by atoms with Crippen LogP contribution in [0.1, 0.15) is 36.7 Å². The molecular weight excluding hydrogens is 320 g/mol. The standard InChI is InChI=1S/C19H28N2O4/c1-14(2)12-20-18(22)15(3)25-19(23)17-6-4-16(5-7-17)13-21-8-10-24-11-9-21/h4-7,14-15H,8-13H2,1-3H3,(H,20,22)/p+1/t15-/m0/s1. The molecule has 1 aliphatic rings. The molecule has 1 aliphatic heterocycles. The van der Waals surface area contributed by atoms with Crippen LogP contribution in [0.4, 0.5) is 0 Å². The molecule has 1 fully saturated rings. The minimum Gasteiger partial charge on any atom is -0.449 e. The SMILES string of the molecule is CC(C)CNC(=O)[C@H](C)OC(=O)c1ccc(C[NH+]2CCOCC2)cc1. The Labute approximate surface area is 149 Å². The number of benzene rings is 1. The average molecular weight is 349 g/mol. The Morgan fingerprint density at radius 1 is 1.16 bits per heavy atom. The summed E-state index contributed by atoms with van der Waals surface area (Å²) >= 11 is 0. The number of morpholine rings is 1. The van der Waals surface area contributed by atoms with Crippen molar-refractivity contribution in [2.75, 3.05) is 32.8 Å². The molecule has 1 heterocycles. The Morgan fingerprint density at radius 3 is 2.40 bits per heavy atom. The van der Waals surface area contributed by atoms with E-state index in [1.807, 2.05) is 26.0 Å². The van der Waals surface area contributed by atoms with Crippen molar-refractivity contribution in [3.8, 4) is 0 Å². The van der Waals surface area contributed by atoms with Crippen LogP contribution in [-0.4, -0.2) is 50.8 Å². The molecule has 0 unspecified atom stereocenters. The van der Waals surface area contributed by atoms with Crippen LogP contribution < -0.4 is 10.2 Å². The predicted molar refractivity (Wildman–Crippen MR) is 94.4 cm³/mol. The second-order valence-electron chi connectivity index (χ2n) is 6.92. The second kappa shape index (κ2) is 9.53. The fraction of sp³-hybridized carbons (Fsp3) is 0.579. The maximum Gasteiger partial charge on any atom is 0.338 e. The van der Waals surface area contributed by atoms with Crippen LogP contribution in [0, 0.1) is 5.92 Å². The Hall–Kier alpha value is -1.92. The van der Waals surface area contributed by atoms with Crippen molar-refractivity contribution in [1.82, 2.24) is 5.32 Å². The van der Waals surface area contributed by atoms with Crippen molar-refractivity contribution in [3.63, 3.8) is 0 Å². The number of hydrogen-bond acceptors (Lipinski definition) is 4. The lowest BCUT2D eigenvalue weighted by Gasteiger charge is -2.23. The van der Waals surface area contributed by atoms with Crippen molar-refractivity contribution in [2.45, 2.75) is 33.4 Å². The Bertz CT molecular complexity index is 565. The molecule has 0 radical (unpaired) electrons. The van der Waals surface area contributed by atoms with Gasteiger partial charge in [0.1, 0.15) is 19.6 Å². The third-order valence-electron chi connectivity index (χ3n) is 4.18. The number of carbonyl (C=O) groups excluding carboxylic acids is 2. The number of ether oxygens (including phenoxy) is 2. The zero-order valence-corrected chi connectivity index (χ0v) is 15.3. The largest absolute Gasteiger partial charge is 0.449 e. The van der Waals surface area contributed by atoms with Crippen molar-refractivity contribution >= 4 is 11.9 Å². The number of amides is 1. The molecule has 2 rings (SSSR count). The lowest BCUT2D eigenvalue weighted by atomic mass is 10.1. The zero-order chi connectivity index (χ0) is 18.2. The molecule has 138 valence electrons. The molecule has 1 atom stereocenters. The molecule has 0 saturated carbocycles. The van der Waals surface area contributed by atoms with Crippen LogP contribution in [0.15, 0.2) is 24.3 Å². The van der Waals surface area contributed by atoms with Crippen LogP contribution in [0.3, 0.4) is 0 Å². The van der Waals surface area contributed by atoms with Gasteiger partial charge in [-0.25, -0.2) is 4.79 Å². The van der Waals surface area contributed by atoms with Crippen LogP contribution >= 0.6 is 0 Å². The predicted octanol–water partition coefficient (Wildman–Crippen LogP) is 0.419. The first kappa shape index (κ1) is 19.4. The molecule has 6 heteroatoms. The molecule has 6 nitrogen and oxygen atoms in total. The first-order valence-corrected chi connectivity index (χ1v) is 8.94. The summed E-state index contributed by atoms with van der Waals surface area (Å²) in [6, 6.07) is 7.41. The summed E-state index contributed by atoms with van der Waals surface area (Å²) in [4.78, 5) is 25.5.